The number of hydrogen-bond acceptors (Lipinski definition) is 5. The van der Waals surface area contributed by atoms with Gasteiger partial charge >= 0.3 is 0 Å². The van der Waals surface area contributed by atoms with Gasteiger partial charge in [-0.05, 0) is 31.5 Å². The van der Waals surface area contributed by atoms with Gasteiger partial charge in [0.2, 0.25) is 6.79 Å². The molecule has 1 unspecified atom stereocenters. The van der Waals surface area contributed by atoms with E-state index in [1.165, 1.54) is 10.6 Å². The maximum atomic E-state index is 12.0. The lowest BCUT2D eigenvalue weighted by molar-refractivity contribution is 0.152. The molecule has 1 N–H and O–H groups in total. The topological polar surface area (TPSA) is 73.6 Å². The lowest BCUT2D eigenvalue weighted by atomic mass is 10.1. The number of benzene rings is 1. The van der Waals surface area contributed by atoms with Crippen molar-refractivity contribution in [2.45, 2.75) is 26.5 Å². The van der Waals surface area contributed by atoms with Gasteiger partial charge in [-0.2, -0.15) is 0 Å². The average Bonchev–Trinajstić information content (AvgIpc) is 2.89. The number of aliphatic hydroxyl groups is 1. The summed E-state index contributed by atoms with van der Waals surface area (Å²) >= 11 is 0. The molecule has 110 valence electrons. The van der Waals surface area contributed by atoms with Crippen LogP contribution in [0.4, 0.5) is 0 Å². The Balaban J connectivity index is 1.87. The van der Waals surface area contributed by atoms with E-state index in [1.807, 2.05) is 0 Å². The molecule has 3 rings (SSSR count). The second kappa shape index (κ2) is 5.21. The maximum absolute atomic E-state index is 12.0. The first-order valence-electron chi connectivity index (χ1n) is 6.67. The summed E-state index contributed by atoms with van der Waals surface area (Å²) in [6.45, 7) is 3.86. The van der Waals surface area contributed by atoms with Gasteiger partial charge in [0, 0.05) is 11.8 Å². The first-order valence-corrected chi connectivity index (χ1v) is 6.67. The molecule has 0 amide bonds. The molecule has 6 heteroatoms. The Bertz CT molecular complexity index is 739. The fraction of sp³-hybridized carbons (Fsp3) is 0.333. The number of nitrogens with zero attached hydrogens (tertiary/aromatic N) is 2. The molecule has 1 aromatic carbocycles. The number of ether oxygens (including phenoxy) is 2. The minimum absolute atomic E-state index is 0.150. The summed E-state index contributed by atoms with van der Waals surface area (Å²) in [4.78, 5) is 16.2. The van der Waals surface area contributed by atoms with E-state index in [1.54, 1.807) is 32.0 Å². The standard InChI is InChI=1S/C15H16N2O4/c1-9-5-15(19)17(10(2)16-9)7-12(18)11-3-4-13-14(6-11)21-8-20-13/h3-6,12,18H,7-8H2,1-2H3. The summed E-state index contributed by atoms with van der Waals surface area (Å²) in [5.74, 6) is 1.86. The van der Waals surface area contributed by atoms with Crippen molar-refractivity contribution >= 4 is 0 Å². The molecular weight excluding hydrogens is 272 g/mol. The van der Waals surface area contributed by atoms with Crippen LogP contribution in [0, 0.1) is 13.8 Å². The quantitative estimate of drug-likeness (QED) is 0.922. The molecule has 1 aliphatic heterocycles. The second-order valence-electron chi connectivity index (χ2n) is 5.02. The van der Waals surface area contributed by atoms with Gasteiger partial charge in [0.15, 0.2) is 11.5 Å². The Hall–Kier alpha value is -2.34. The van der Waals surface area contributed by atoms with E-state index in [9.17, 15) is 9.90 Å². The first kappa shape index (κ1) is 13.6. The number of rotatable bonds is 3. The molecule has 2 heterocycles. The van der Waals surface area contributed by atoms with Crippen LogP contribution >= 0.6 is 0 Å². The highest BCUT2D eigenvalue weighted by molar-refractivity contribution is 5.45. The van der Waals surface area contributed by atoms with Crippen LogP contribution < -0.4 is 15.0 Å². The van der Waals surface area contributed by atoms with Crippen molar-refractivity contribution < 1.29 is 14.6 Å². The van der Waals surface area contributed by atoms with E-state index < -0.39 is 6.10 Å². The SMILES string of the molecule is Cc1cc(=O)n(CC(O)c2ccc3c(c2)OCO3)c(C)n1. The normalized spacial score (nSPS) is 14.2. The summed E-state index contributed by atoms with van der Waals surface area (Å²) in [7, 11) is 0. The van der Waals surface area contributed by atoms with E-state index in [0.717, 1.165) is 0 Å². The second-order valence-corrected chi connectivity index (χ2v) is 5.02. The summed E-state index contributed by atoms with van der Waals surface area (Å²) in [6, 6.07) is 6.71. The summed E-state index contributed by atoms with van der Waals surface area (Å²) in [6.07, 6.45) is -0.819. The molecule has 0 fully saturated rings. The van der Waals surface area contributed by atoms with E-state index in [2.05, 4.69) is 4.98 Å². The average molecular weight is 288 g/mol. The van der Waals surface area contributed by atoms with Gasteiger partial charge in [0.25, 0.3) is 5.56 Å². The van der Waals surface area contributed by atoms with Crippen LogP contribution in [0.2, 0.25) is 0 Å². The fourth-order valence-corrected chi connectivity index (χ4v) is 2.38. The number of aromatic nitrogens is 2. The van der Waals surface area contributed by atoms with Crippen LogP contribution in [0.1, 0.15) is 23.2 Å². The van der Waals surface area contributed by atoms with Crippen molar-refractivity contribution in [3.63, 3.8) is 0 Å². The molecule has 6 nitrogen and oxygen atoms in total. The zero-order valence-electron chi connectivity index (χ0n) is 11.9. The highest BCUT2D eigenvalue weighted by Gasteiger charge is 2.17. The highest BCUT2D eigenvalue weighted by Crippen LogP contribution is 2.34. The highest BCUT2D eigenvalue weighted by atomic mass is 16.7. The van der Waals surface area contributed by atoms with E-state index in [4.69, 9.17) is 9.47 Å². The Morgan fingerprint density at radius 2 is 2.05 bits per heavy atom. The van der Waals surface area contributed by atoms with Crippen molar-refractivity contribution in [1.82, 2.24) is 9.55 Å². The number of hydrogen-bond donors (Lipinski definition) is 1. The summed E-state index contributed by atoms with van der Waals surface area (Å²) in [5.41, 5.74) is 1.18. The van der Waals surface area contributed by atoms with Crippen molar-refractivity contribution in [3.05, 3.63) is 51.7 Å². The van der Waals surface area contributed by atoms with Crippen molar-refractivity contribution in [1.29, 1.82) is 0 Å². The van der Waals surface area contributed by atoms with Crippen LogP contribution in [0.3, 0.4) is 0 Å². The molecular formula is C15H16N2O4. The van der Waals surface area contributed by atoms with Crippen LogP contribution in [0.5, 0.6) is 11.5 Å². The van der Waals surface area contributed by atoms with E-state index >= 15 is 0 Å². The molecule has 1 aliphatic rings. The summed E-state index contributed by atoms with van der Waals surface area (Å²) < 4.78 is 12.0. The molecule has 0 aliphatic carbocycles. The van der Waals surface area contributed by atoms with Crippen LogP contribution in [-0.4, -0.2) is 21.5 Å². The third kappa shape index (κ3) is 2.62. The smallest absolute Gasteiger partial charge is 0.253 e. The Morgan fingerprint density at radius 3 is 2.81 bits per heavy atom. The van der Waals surface area contributed by atoms with E-state index in [0.29, 0.717) is 28.6 Å². The summed E-state index contributed by atoms with van der Waals surface area (Å²) in [5, 5.41) is 10.3. The maximum Gasteiger partial charge on any atom is 0.253 e. The predicted molar refractivity (Wildman–Crippen MR) is 75.5 cm³/mol. The molecule has 0 saturated heterocycles. The molecule has 0 bridgehead atoms. The lowest BCUT2D eigenvalue weighted by Gasteiger charge is -2.15. The number of aliphatic hydroxyl groups excluding tert-OH is 1. The number of aryl methyl sites for hydroxylation is 2. The monoisotopic (exact) mass is 288 g/mol. The van der Waals surface area contributed by atoms with Gasteiger partial charge < -0.3 is 14.6 Å². The molecule has 2 aromatic rings. The predicted octanol–water partition coefficient (Wildman–Crippen LogP) is 1.32. The van der Waals surface area contributed by atoms with Gasteiger partial charge in [-0.1, -0.05) is 6.07 Å². The third-order valence-corrected chi connectivity index (χ3v) is 3.46. The fourth-order valence-electron chi connectivity index (χ4n) is 2.38. The van der Waals surface area contributed by atoms with Crippen LogP contribution in [0.25, 0.3) is 0 Å². The van der Waals surface area contributed by atoms with E-state index in [-0.39, 0.29) is 18.9 Å². The third-order valence-electron chi connectivity index (χ3n) is 3.46. The zero-order chi connectivity index (χ0) is 15.0. The van der Waals surface area contributed by atoms with Crippen molar-refractivity contribution in [2.24, 2.45) is 0 Å². The largest absolute Gasteiger partial charge is 0.454 e. The Kier molecular flexibility index (Phi) is 3.39. The van der Waals surface area contributed by atoms with Crippen molar-refractivity contribution in [2.75, 3.05) is 6.79 Å². The Morgan fingerprint density at radius 1 is 1.29 bits per heavy atom. The van der Waals surface area contributed by atoms with Crippen molar-refractivity contribution in [3.8, 4) is 11.5 Å². The molecule has 21 heavy (non-hydrogen) atoms. The van der Waals surface area contributed by atoms with Gasteiger partial charge in [-0.3, -0.25) is 9.36 Å². The minimum atomic E-state index is -0.819. The molecule has 1 aromatic heterocycles. The minimum Gasteiger partial charge on any atom is -0.454 e. The van der Waals surface area contributed by atoms with Crippen LogP contribution in [0.15, 0.2) is 29.1 Å². The lowest BCUT2D eigenvalue weighted by Crippen LogP contribution is -2.26. The number of fused-ring (bicyclic) bond motifs is 1. The molecule has 0 spiro atoms. The van der Waals surface area contributed by atoms with Crippen LogP contribution in [-0.2, 0) is 6.54 Å². The zero-order valence-corrected chi connectivity index (χ0v) is 11.9. The van der Waals surface area contributed by atoms with Gasteiger partial charge in [0.1, 0.15) is 5.82 Å². The molecule has 0 radical (unpaired) electrons. The van der Waals surface area contributed by atoms with Gasteiger partial charge in [-0.25, -0.2) is 4.98 Å². The van der Waals surface area contributed by atoms with Gasteiger partial charge in [0.05, 0.1) is 12.6 Å². The first-order chi connectivity index (χ1) is 10.0. The Labute approximate surface area is 121 Å². The molecule has 1 atom stereocenters. The van der Waals surface area contributed by atoms with Gasteiger partial charge in [-0.15, -0.1) is 0 Å². The molecule has 0 saturated carbocycles.